The van der Waals surface area contributed by atoms with Crippen molar-refractivity contribution in [2.75, 3.05) is 11.9 Å². The van der Waals surface area contributed by atoms with Crippen molar-refractivity contribution in [3.05, 3.63) is 81.5 Å². The second-order valence-electron chi connectivity index (χ2n) is 9.56. The van der Waals surface area contributed by atoms with Crippen molar-refractivity contribution < 1.29 is 14.6 Å². The Labute approximate surface area is 225 Å². The van der Waals surface area contributed by atoms with Gasteiger partial charge in [0, 0.05) is 16.6 Å². The quantitative estimate of drug-likeness (QED) is 0.289. The molecule has 38 heavy (non-hydrogen) atoms. The van der Waals surface area contributed by atoms with Crippen molar-refractivity contribution in [1.82, 2.24) is 14.5 Å². The minimum absolute atomic E-state index is 0.143. The average Bonchev–Trinajstić information content (AvgIpc) is 2.92. The minimum Gasteiger partial charge on any atom is -0.491 e. The number of pyridine rings is 1. The van der Waals surface area contributed by atoms with Gasteiger partial charge >= 0.3 is 5.97 Å². The third-order valence-corrected chi connectivity index (χ3v) is 7.16. The summed E-state index contributed by atoms with van der Waals surface area (Å²) < 4.78 is 7.68. The third-order valence-electron chi connectivity index (χ3n) is 6.92. The smallest absolute Gasteiger partial charge is 0.335 e. The highest BCUT2D eigenvalue weighted by Crippen LogP contribution is 2.33. The van der Waals surface area contributed by atoms with Crippen LogP contribution in [-0.4, -0.2) is 38.3 Å². The number of carboxylic acids is 1. The lowest BCUT2D eigenvalue weighted by Crippen LogP contribution is -2.27. The number of nitrogens with zero attached hydrogens (tertiary/aromatic N) is 3. The van der Waals surface area contributed by atoms with Gasteiger partial charge in [0.05, 0.1) is 29.2 Å². The molecule has 0 radical (unpaired) electrons. The highest BCUT2D eigenvalue weighted by molar-refractivity contribution is 6.31. The van der Waals surface area contributed by atoms with Crippen LogP contribution in [0.3, 0.4) is 0 Å². The largest absolute Gasteiger partial charge is 0.491 e. The number of benzene rings is 2. The summed E-state index contributed by atoms with van der Waals surface area (Å²) in [5.74, 6) is 0.803. The van der Waals surface area contributed by atoms with E-state index in [9.17, 15) is 14.7 Å². The fourth-order valence-electron chi connectivity index (χ4n) is 4.95. The first-order valence-corrected chi connectivity index (χ1v) is 13.2. The Hall–Kier alpha value is -3.91. The Bertz CT molecular complexity index is 1550. The fraction of sp³-hybridized carbons (Fsp3) is 0.310. The Morgan fingerprint density at radius 2 is 1.97 bits per heavy atom. The van der Waals surface area contributed by atoms with E-state index in [1.54, 1.807) is 60.2 Å². The molecule has 1 fully saturated rings. The predicted molar refractivity (Wildman–Crippen MR) is 148 cm³/mol. The molecule has 0 unspecified atom stereocenters. The summed E-state index contributed by atoms with van der Waals surface area (Å²) in [6.45, 7) is 2.29. The van der Waals surface area contributed by atoms with E-state index in [4.69, 9.17) is 16.3 Å². The first-order chi connectivity index (χ1) is 18.4. The minimum atomic E-state index is -1.01. The normalized spacial score (nSPS) is 13.9. The number of ether oxygens (including phenoxy) is 1. The first kappa shape index (κ1) is 25.7. The molecule has 4 aromatic rings. The second-order valence-corrected chi connectivity index (χ2v) is 9.99. The molecule has 0 amide bonds. The van der Waals surface area contributed by atoms with Crippen molar-refractivity contribution in [3.63, 3.8) is 0 Å². The number of rotatable bonds is 8. The van der Waals surface area contributed by atoms with E-state index in [0.717, 1.165) is 12.8 Å². The van der Waals surface area contributed by atoms with E-state index >= 15 is 0 Å². The van der Waals surface area contributed by atoms with Crippen molar-refractivity contribution in [2.45, 2.75) is 51.6 Å². The van der Waals surface area contributed by atoms with Crippen LogP contribution in [0, 0.1) is 6.92 Å². The number of aromatic nitrogens is 3. The zero-order chi connectivity index (χ0) is 26.6. The summed E-state index contributed by atoms with van der Waals surface area (Å²) in [6, 6.07) is 14.0. The molecular formula is C29H29ClN4O4. The van der Waals surface area contributed by atoms with Crippen LogP contribution in [0.2, 0.25) is 5.02 Å². The van der Waals surface area contributed by atoms with Gasteiger partial charge in [0.1, 0.15) is 24.0 Å². The first-order valence-electron chi connectivity index (χ1n) is 12.8. The average molecular weight is 533 g/mol. The standard InChI is InChI=1S/C29H29ClN4O4/c1-18-32-25-17-31-27(33-22-8-3-2-4-9-22)16-24(25)28(35)34(18)12-13-38-26-11-10-21(30)15-23(26)19-6-5-7-20(14-19)29(36)37/h5-7,10-11,14-17,22H,2-4,8-9,12-13H2,1H3,(H,31,33)(H,36,37). The SMILES string of the molecule is Cc1nc2cnc(NC3CCCCC3)cc2c(=O)n1CCOc1ccc(Cl)cc1-c1cccc(C(=O)O)c1. The van der Waals surface area contributed by atoms with Crippen LogP contribution in [0.5, 0.6) is 5.75 Å². The van der Waals surface area contributed by atoms with Crippen LogP contribution in [0.4, 0.5) is 5.82 Å². The molecule has 2 heterocycles. The van der Waals surface area contributed by atoms with E-state index in [-0.39, 0.29) is 17.7 Å². The second kappa shape index (κ2) is 11.2. The lowest BCUT2D eigenvalue weighted by atomic mass is 9.95. The summed E-state index contributed by atoms with van der Waals surface area (Å²) in [6.07, 6.45) is 7.56. The summed E-state index contributed by atoms with van der Waals surface area (Å²) in [5.41, 5.74) is 1.94. The fourth-order valence-corrected chi connectivity index (χ4v) is 5.13. The third kappa shape index (κ3) is 5.65. The highest BCUT2D eigenvalue weighted by atomic mass is 35.5. The topological polar surface area (TPSA) is 106 Å². The molecule has 0 aliphatic heterocycles. The van der Waals surface area contributed by atoms with Crippen molar-refractivity contribution >= 4 is 34.3 Å². The van der Waals surface area contributed by atoms with Gasteiger partial charge in [-0.15, -0.1) is 0 Å². The number of carboxylic acid groups (broad SMARTS) is 1. The van der Waals surface area contributed by atoms with Gasteiger partial charge < -0.3 is 15.2 Å². The highest BCUT2D eigenvalue weighted by Gasteiger charge is 2.16. The zero-order valence-corrected chi connectivity index (χ0v) is 21.9. The van der Waals surface area contributed by atoms with E-state index in [1.807, 2.05) is 0 Å². The molecule has 0 saturated heterocycles. The number of hydrogen-bond acceptors (Lipinski definition) is 6. The lowest BCUT2D eigenvalue weighted by molar-refractivity contribution is 0.0697. The monoisotopic (exact) mass is 532 g/mol. The molecule has 0 bridgehead atoms. The molecule has 1 aliphatic carbocycles. The molecule has 1 aliphatic rings. The van der Waals surface area contributed by atoms with Gasteiger partial charge in [-0.3, -0.25) is 9.36 Å². The van der Waals surface area contributed by atoms with Gasteiger partial charge in [-0.25, -0.2) is 14.8 Å². The van der Waals surface area contributed by atoms with Gasteiger partial charge in [0.15, 0.2) is 0 Å². The van der Waals surface area contributed by atoms with Crippen molar-refractivity contribution in [1.29, 1.82) is 0 Å². The van der Waals surface area contributed by atoms with Gasteiger partial charge in [-0.1, -0.05) is 43.0 Å². The summed E-state index contributed by atoms with van der Waals surface area (Å²) >= 11 is 6.23. The molecule has 2 aromatic heterocycles. The van der Waals surface area contributed by atoms with Gasteiger partial charge in [-0.05, 0) is 61.7 Å². The number of aryl methyl sites for hydroxylation is 1. The van der Waals surface area contributed by atoms with Crippen LogP contribution in [0.1, 0.15) is 48.3 Å². The molecule has 1 saturated carbocycles. The van der Waals surface area contributed by atoms with Crippen molar-refractivity contribution in [3.8, 4) is 16.9 Å². The summed E-state index contributed by atoms with van der Waals surface area (Å²) in [4.78, 5) is 33.9. The number of carbonyl (C=O) groups is 1. The van der Waals surface area contributed by atoms with E-state index in [1.165, 1.54) is 25.3 Å². The number of halogens is 1. The lowest BCUT2D eigenvalue weighted by Gasteiger charge is -2.23. The van der Waals surface area contributed by atoms with Gasteiger partial charge in [-0.2, -0.15) is 0 Å². The molecule has 2 N–H and O–H groups in total. The van der Waals surface area contributed by atoms with Crippen LogP contribution in [0.25, 0.3) is 22.0 Å². The zero-order valence-electron chi connectivity index (χ0n) is 21.1. The Morgan fingerprint density at radius 1 is 1.16 bits per heavy atom. The van der Waals surface area contributed by atoms with Gasteiger partial charge in [0.25, 0.3) is 5.56 Å². The van der Waals surface area contributed by atoms with E-state index < -0.39 is 5.97 Å². The molecule has 0 atom stereocenters. The molecule has 196 valence electrons. The molecule has 9 heteroatoms. The molecule has 2 aromatic carbocycles. The number of nitrogens with one attached hydrogen (secondary N) is 1. The molecule has 0 spiro atoms. The Kier molecular flexibility index (Phi) is 7.60. The Balaban J connectivity index is 1.36. The number of fused-ring (bicyclic) bond motifs is 1. The summed E-state index contributed by atoms with van der Waals surface area (Å²) in [7, 11) is 0. The molecule has 5 rings (SSSR count). The van der Waals surface area contributed by atoms with Crippen molar-refractivity contribution in [2.24, 2.45) is 0 Å². The van der Waals surface area contributed by atoms with E-state index in [2.05, 4.69) is 15.3 Å². The van der Waals surface area contributed by atoms with Crippen LogP contribution in [-0.2, 0) is 6.54 Å². The maximum Gasteiger partial charge on any atom is 0.335 e. The van der Waals surface area contributed by atoms with Crippen LogP contribution in [0.15, 0.2) is 59.5 Å². The number of aromatic carboxylic acids is 1. The maximum absolute atomic E-state index is 13.4. The predicted octanol–water partition coefficient (Wildman–Crippen LogP) is 5.94. The molecular weight excluding hydrogens is 504 g/mol. The number of anilines is 1. The molecule has 8 nitrogen and oxygen atoms in total. The maximum atomic E-state index is 13.4. The summed E-state index contributed by atoms with van der Waals surface area (Å²) in [5, 5.41) is 13.9. The van der Waals surface area contributed by atoms with Gasteiger partial charge in [0.2, 0.25) is 0 Å². The van der Waals surface area contributed by atoms with Crippen LogP contribution < -0.4 is 15.6 Å². The number of hydrogen-bond donors (Lipinski definition) is 2. The Morgan fingerprint density at radius 3 is 2.76 bits per heavy atom. The van der Waals surface area contributed by atoms with E-state index in [0.29, 0.717) is 57.0 Å². The van der Waals surface area contributed by atoms with Crippen LogP contribution >= 0.6 is 11.6 Å².